The number of alkyl carbamates (subject to hydrolysis) is 1. The summed E-state index contributed by atoms with van der Waals surface area (Å²) in [5.74, 6) is -5.54. The minimum Gasteiger partial charge on any atom is -0.463 e. The lowest BCUT2D eigenvalue weighted by Gasteiger charge is -2.48. The van der Waals surface area contributed by atoms with E-state index in [4.69, 9.17) is 60.9 Å². The Labute approximate surface area is 349 Å². The van der Waals surface area contributed by atoms with Gasteiger partial charge in [-0.05, 0) is 24.3 Å². The molecule has 0 unspecified atom stereocenters. The molecule has 2 aromatic rings. The van der Waals surface area contributed by atoms with Crippen molar-refractivity contribution in [3.05, 3.63) is 60.7 Å². The van der Waals surface area contributed by atoms with E-state index >= 15 is 0 Å². The number of hydrogen-bond acceptors (Lipinski definition) is 21. The van der Waals surface area contributed by atoms with Gasteiger partial charge in [0, 0.05) is 48.6 Å². The molecule has 0 bridgehead atoms. The SMILES string of the molecule is CNC(=O)O[C@H]1[C@H](OC(C)=O)[C@H](O[C@H]2[C@H](OP(=O)(Oc3ccccc3)Oc3ccccc3)O[C@H](COC(C)=O)[C@H](OC(C)=O)[C@H]2OC(C)=O)O[C@H](COC(C)=O)[C@H]1OC(C)=O. The number of para-hydroxylation sites is 2. The first kappa shape index (κ1) is 47.9. The van der Waals surface area contributed by atoms with Crippen LogP contribution in [0.1, 0.15) is 41.5 Å². The van der Waals surface area contributed by atoms with Crippen LogP contribution in [0.5, 0.6) is 11.5 Å². The Hall–Kier alpha value is -5.80. The third kappa shape index (κ3) is 14.4. The average molecular weight is 884 g/mol. The number of carbonyl (C=O) groups is 7. The molecule has 0 aromatic heterocycles. The van der Waals surface area contributed by atoms with Crippen LogP contribution in [0, 0.1) is 0 Å². The normalized spacial score (nSPS) is 26.0. The summed E-state index contributed by atoms with van der Waals surface area (Å²) in [6.45, 7) is 4.79. The quantitative estimate of drug-likeness (QED) is 0.136. The van der Waals surface area contributed by atoms with E-state index in [2.05, 4.69) is 5.32 Å². The van der Waals surface area contributed by atoms with Gasteiger partial charge in [-0.1, -0.05) is 36.4 Å². The summed E-state index contributed by atoms with van der Waals surface area (Å²) in [7, 11) is -3.81. The van der Waals surface area contributed by atoms with E-state index in [0.29, 0.717) is 0 Å². The van der Waals surface area contributed by atoms with Gasteiger partial charge in [-0.2, -0.15) is 0 Å². The van der Waals surface area contributed by atoms with Gasteiger partial charge >= 0.3 is 49.7 Å². The lowest BCUT2D eigenvalue weighted by atomic mass is 9.96. The number of nitrogens with one attached hydrogen (secondary N) is 1. The maximum atomic E-state index is 14.8. The van der Waals surface area contributed by atoms with Gasteiger partial charge in [0.1, 0.15) is 36.9 Å². The number of rotatable bonds is 17. The number of phosphoric acid groups is 1. The lowest BCUT2D eigenvalue weighted by molar-refractivity contribution is -0.359. The van der Waals surface area contributed by atoms with Crippen LogP contribution in [0.25, 0.3) is 0 Å². The van der Waals surface area contributed by atoms with E-state index in [1.807, 2.05) is 0 Å². The smallest absolute Gasteiger partial charge is 0.463 e. The van der Waals surface area contributed by atoms with Crippen molar-refractivity contribution in [3.63, 3.8) is 0 Å². The van der Waals surface area contributed by atoms with Gasteiger partial charge in [0.05, 0.1) is 0 Å². The van der Waals surface area contributed by atoms with Gasteiger partial charge in [0.2, 0.25) is 6.29 Å². The number of ether oxygens (including phenoxy) is 10. The summed E-state index contributed by atoms with van der Waals surface area (Å²) >= 11 is 0. The Bertz CT molecular complexity index is 1850. The molecule has 1 N–H and O–H groups in total. The average Bonchev–Trinajstić information content (AvgIpc) is 3.17. The maximum Gasteiger partial charge on any atom is 0.590 e. The fourth-order valence-electron chi connectivity index (χ4n) is 5.95. The molecule has 10 atom stereocenters. The molecule has 1 amide bonds. The van der Waals surface area contributed by atoms with E-state index in [0.717, 1.165) is 41.5 Å². The fraction of sp³-hybridized carbons (Fsp3) is 0.500. The van der Waals surface area contributed by atoms with Crippen LogP contribution in [0.15, 0.2) is 60.7 Å². The third-order valence-electron chi connectivity index (χ3n) is 8.18. The first-order valence-electron chi connectivity index (χ1n) is 18.5. The molecule has 23 heteroatoms. The Morgan fingerprint density at radius 3 is 1.33 bits per heavy atom. The Balaban J connectivity index is 1.93. The van der Waals surface area contributed by atoms with E-state index in [9.17, 15) is 38.1 Å². The second-order valence-electron chi connectivity index (χ2n) is 13.1. The first-order valence-corrected chi connectivity index (χ1v) is 19.9. The molecule has 2 saturated heterocycles. The zero-order chi connectivity index (χ0) is 44.9. The highest BCUT2D eigenvalue weighted by atomic mass is 31.2. The van der Waals surface area contributed by atoms with Crippen molar-refractivity contribution in [3.8, 4) is 11.5 Å². The van der Waals surface area contributed by atoms with Gasteiger partial charge in [-0.3, -0.25) is 28.8 Å². The van der Waals surface area contributed by atoms with E-state index in [-0.39, 0.29) is 11.5 Å². The molecule has 2 aliphatic rings. The first-order chi connectivity index (χ1) is 28.9. The van der Waals surface area contributed by atoms with Crippen LogP contribution in [-0.4, -0.2) is 124 Å². The van der Waals surface area contributed by atoms with E-state index in [1.54, 1.807) is 36.4 Å². The number of esters is 6. The fourth-order valence-corrected chi connectivity index (χ4v) is 7.26. The maximum absolute atomic E-state index is 14.8. The van der Waals surface area contributed by atoms with Gasteiger partial charge in [0.25, 0.3) is 0 Å². The molecule has 0 radical (unpaired) electrons. The predicted molar refractivity (Wildman–Crippen MR) is 200 cm³/mol. The molecule has 2 fully saturated rings. The molecular formula is C38H46NO21P. The van der Waals surface area contributed by atoms with Crippen molar-refractivity contribution in [2.75, 3.05) is 20.3 Å². The minimum atomic E-state index is -5.01. The Morgan fingerprint density at radius 2 is 0.918 bits per heavy atom. The molecule has 0 spiro atoms. The van der Waals surface area contributed by atoms with Crippen molar-refractivity contribution in [1.29, 1.82) is 0 Å². The van der Waals surface area contributed by atoms with Gasteiger partial charge < -0.3 is 61.7 Å². The number of hydrogen-bond donors (Lipinski definition) is 1. The summed E-state index contributed by atoms with van der Waals surface area (Å²) < 4.78 is 89.3. The van der Waals surface area contributed by atoms with Crippen molar-refractivity contribution < 1.29 is 99.1 Å². The second-order valence-corrected chi connectivity index (χ2v) is 14.5. The molecule has 2 heterocycles. The molecule has 334 valence electrons. The number of carbonyl (C=O) groups excluding carboxylic acids is 7. The Morgan fingerprint density at radius 1 is 0.525 bits per heavy atom. The molecule has 22 nitrogen and oxygen atoms in total. The molecule has 0 aliphatic carbocycles. The van der Waals surface area contributed by atoms with Crippen LogP contribution < -0.4 is 14.4 Å². The molecule has 0 saturated carbocycles. The van der Waals surface area contributed by atoms with Crippen molar-refractivity contribution in [2.24, 2.45) is 0 Å². The van der Waals surface area contributed by atoms with Gasteiger partial charge in [0.15, 0.2) is 42.9 Å². The highest BCUT2D eigenvalue weighted by Gasteiger charge is 2.59. The monoisotopic (exact) mass is 883 g/mol. The van der Waals surface area contributed by atoms with Gasteiger partial charge in [-0.15, -0.1) is 0 Å². The molecule has 61 heavy (non-hydrogen) atoms. The van der Waals surface area contributed by atoms with Crippen LogP contribution in [0.2, 0.25) is 0 Å². The van der Waals surface area contributed by atoms with Gasteiger partial charge in [-0.25, -0.2) is 13.9 Å². The Kier molecular flexibility index (Phi) is 17.4. The largest absolute Gasteiger partial charge is 0.590 e. The van der Waals surface area contributed by atoms with Crippen molar-refractivity contribution >= 4 is 49.7 Å². The van der Waals surface area contributed by atoms with Crippen LogP contribution in [-0.2, 0) is 85.2 Å². The van der Waals surface area contributed by atoms with E-state index < -0.39 is 124 Å². The summed E-state index contributed by atoms with van der Waals surface area (Å²) in [5, 5.41) is 2.22. The number of benzene rings is 2. The summed E-state index contributed by atoms with van der Waals surface area (Å²) in [5.41, 5.74) is 0. The zero-order valence-corrected chi connectivity index (χ0v) is 34.9. The highest BCUT2D eigenvalue weighted by molar-refractivity contribution is 7.49. The molecule has 4 rings (SSSR count). The predicted octanol–water partition coefficient (Wildman–Crippen LogP) is 2.68. The van der Waals surface area contributed by atoms with Crippen LogP contribution in [0.4, 0.5) is 4.79 Å². The standard InChI is InChI=1S/C38H46NO21P/c1-20(40)48-18-28-31(51-23(4)43)33(57-38(46)39-7)34(53-25(6)45)36(54-28)56-35-32(52-24(5)44)30(50-22(3)42)29(19-49-21(2)41)55-37(35)60-61(47,58-26-14-10-8-11-15-26)59-27-16-12-9-13-17-27/h8-17,28-37H,18-19H2,1-7H3,(H,39,46)/t28-,29-,30+,31-,32-,33-,34+,35-,36+,37+/m1/s1. The number of phosphoric ester groups is 1. The highest BCUT2D eigenvalue weighted by Crippen LogP contribution is 2.52. The summed E-state index contributed by atoms with van der Waals surface area (Å²) in [6.07, 6.45) is -19.2. The van der Waals surface area contributed by atoms with Crippen LogP contribution >= 0.6 is 7.82 Å². The lowest BCUT2D eigenvalue weighted by Crippen LogP contribution is -2.67. The topological polar surface area (TPSA) is 269 Å². The molecule has 2 aliphatic heterocycles. The minimum absolute atomic E-state index is 0.0228. The van der Waals surface area contributed by atoms with E-state index in [1.165, 1.54) is 31.3 Å². The second kappa shape index (κ2) is 22.2. The third-order valence-corrected chi connectivity index (χ3v) is 9.52. The number of amides is 1. The molecular weight excluding hydrogens is 837 g/mol. The van der Waals surface area contributed by atoms with Crippen molar-refractivity contribution in [2.45, 2.75) is 103 Å². The molecule has 2 aromatic carbocycles. The summed E-state index contributed by atoms with van der Waals surface area (Å²) in [6, 6.07) is 15.2. The van der Waals surface area contributed by atoms with Crippen molar-refractivity contribution in [1.82, 2.24) is 5.32 Å². The summed E-state index contributed by atoms with van der Waals surface area (Å²) in [4.78, 5) is 87.2. The zero-order valence-electron chi connectivity index (χ0n) is 34.0. The van der Waals surface area contributed by atoms with Crippen LogP contribution in [0.3, 0.4) is 0 Å².